The zero-order chi connectivity index (χ0) is 18.1. The van der Waals surface area contributed by atoms with Crippen LogP contribution in [0.25, 0.3) is 10.2 Å². The predicted molar refractivity (Wildman–Crippen MR) is 104 cm³/mol. The first-order chi connectivity index (χ1) is 12.6. The van der Waals surface area contributed by atoms with Gasteiger partial charge in [0, 0.05) is 18.0 Å². The Morgan fingerprint density at radius 2 is 2.12 bits per heavy atom. The molecular weight excluding hydrogens is 348 g/mol. The summed E-state index contributed by atoms with van der Waals surface area (Å²) in [6, 6.07) is 5.72. The van der Waals surface area contributed by atoms with Gasteiger partial charge < -0.3 is 16.0 Å². The van der Waals surface area contributed by atoms with Gasteiger partial charge in [0.15, 0.2) is 5.13 Å². The molecule has 6 nitrogen and oxygen atoms in total. The zero-order valence-electron chi connectivity index (χ0n) is 14.9. The molecule has 4 rings (SSSR count). The lowest BCUT2D eigenvalue weighted by Gasteiger charge is -2.23. The van der Waals surface area contributed by atoms with Crippen LogP contribution in [-0.2, 0) is 9.59 Å². The fraction of sp³-hybridized carbons (Fsp3) is 0.526. The van der Waals surface area contributed by atoms with Gasteiger partial charge in [-0.15, -0.1) is 0 Å². The number of amides is 2. The molecule has 26 heavy (non-hydrogen) atoms. The molecule has 1 aromatic carbocycles. The summed E-state index contributed by atoms with van der Waals surface area (Å²) in [5, 5.41) is 9.88. The number of hydrogen-bond acceptors (Lipinski definition) is 5. The Labute approximate surface area is 156 Å². The van der Waals surface area contributed by atoms with Crippen molar-refractivity contribution in [2.45, 2.75) is 39.0 Å². The SMILES string of the molecule is CCCC(=O)Nc1nc2ccc(NC(=O)C3CC34CCNCC4)cc2s1. The van der Waals surface area contributed by atoms with Crippen LogP contribution in [0.3, 0.4) is 0 Å². The third kappa shape index (κ3) is 3.46. The second-order valence-electron chi connectivity index (χ2n) is 7.36. The number of thiazole rings is 1. The topological polar surface area (TPSA) is 83.1 Å². The Balaban J connectivity index is 1.42. The molecule has 0 radical (unpaired) electrons. The molecule has 2 aromatic rings. The monoisotopic (exact) mass is 372 g/mol. The first-order valence-corrected chi connectivity index (χ1v) is 10.1. The van der Waals surface area contributed by atoms with E-state index in [0.29, 0.717) is 11.6 Å². The van der Waals surface area contributed by atoms with E-state index in [1.807, 2.05) is 25.1 Å². The van der Waals surface area contributed by atoms with Gasteiger partial charge in [-0.2, -0.15) is 0 Å². The van der Waals surface area contributed by atoms with Crippen LogP contribution in [0.4, 0.5) is 10.8 Å². The minimum absolute atomic E-state index is 0.0129. The fourth-order valence-corrected chi connectivity index (χ4v) is 4.81. The number of carbonyl (C=O) groups is 2. The standard InChI is InChI=1S/C19H24N4O2S/c1-2-3-16(24)23-18-22-14-5-4-12(10-15(14)26-18)21-17(25)13-11-19(13)6-8-20-9-7-19/h4-5,10,13,20H,2-3,6-9,11H2,1H3,(H,21,25)(H,22,23,24). The first-order valence-electron chi connectivity index (χ1n) is 9.32. The van der Waals surface area contributed by atoms with E-state index in [0.717, 1.165) is 54.7 Å². The number of piperidine rings is 1. The number of nitrogens with zero attached hydrogens (tertiary/aromatic N) is 1. The van der Waals surface area contributed by atoms with Crippen molar-refractivity contribution < 1.29 is 9.59 Å². The average Bonchev–Trinajstić information content (AvgIpc) is 3.15. The maximum Gasteiger partial charge on any atom is 0.228 e. The molecule has 1 spiro atoms. The minimum atomic E-state index is -0.0129. The Kier molecular flexibility index (Phi) is 4.67. The maximum atomic E-state index is 12.6. The van der Waals surface area contributed by atoms with E-state index in [-0.39, 0.29) is 23.1 Å². The number of nitrogens with one attached hydrogen (secondary N) is 3. The summed E-state index contributed by atoms with van der Waals surface area (Å²) in [4.78, 5) is 28.8. The first kappa shape index (κ1) is 17.4. The lowest BCUT2D eigenvalue weighted by molar-refractivity contribution is -0.118. The molecule has 2 fully saturated rings. The molecule has 7 heteroatoms. The van der Waals surface area contributed by atoms with Crippen molar-refractivity contribution in [1.82, 2.24) is 10.3 Å². The zero-order valence-corrected chi connectivity index (χ0v) is 15.7. The molecule has 1 saturated carbocycles. The second kappa shape index (κ2) is 6.96. The summed E-state index contributed by atoms with van der Waals surface area (Å²) >= 11 is 1.44. The Morgan fingerprint density at radius 3 is 2.88 bits per heavy atom. The Morgan fingerprint density at radius 1 is 1.31 bits per heavy atom. The van der Waals surface area contributed by atoms with E-state index in [1.165, 1.54) is 11.3 Å². The van der Waals surface area contributed by atoms with E-state index in [9.17, 15) is 9.59 Å². The van der Waals surface area contributed by atoms with E-state index < -0.39 is 0 Å². The molecule has 1 saturated heterocycles. The van der Waals surface area contributed by atoms with Crippen molar-refractivity contribution in [3.63, 3.8) is 0 Å². The number of aromatic nitrogens is 1. The third-order valence-corrected chi connectivity index (χ3v) is 6.42. The molecule has 3 N–H and O–H groups in total. The van der Waals surface area contributed by atoms with E-state index >= 15 is 0 Å². The fourth-order valence-electron chi connectivity index (χ4n) is 3.89. The number of rotatable bonds is 5. The Bertz CT molecular complexity index is 841. The minimum Gasteiger partial charge on any atom is -0.326 e. The van der Waals surface area contributed by atoms with Gasteiger partial charge in [0.25, 0.3) is 0 Å². The van der Waals surface area contributed by atoms with Crippen LogP contribution < -0.4 is 16.0 Å². The van der Waals surface area contributed by atoms with Crippen molar-refractivity contribution in [3.05, 3.63) is 18.2 Å². The molecule has 1 unspecified atom stereocenters. The van der Waals surface area contributed by atoms with Crippen molar-refractivity contribution in [1.29, 1.82) is 0 Å². The van der Waals surface area contributed by atoms with Crippen LogP contribution in [-0.4, -0.2) is 29.9 Å². The molecule has 2 aliphatic rings. The normalized spacial score (nSPS) is 20.9. The summed E-state index contributed by atoms with van der Waals surface area (Å²) in [6.45, 7) is 4.01. The lowest BCUT2D eigenvalue weighted by atomic mass is 9.92. The third-order valence-electron chi connectivity index (χ3n) is 5.48. The van der Waals surface area contributed by atoms with Gasteiger partial charge >= 0.3 is 0 Å². The van der Waals surface area contributed by atoms with Crippen LogP contribution in [0.5, 0.6) is 0 Å². The molecule has 138 valence electrons. The highest BCUT2D eigenvalue weighted by atomic mass is 32.1. The van der Waals surface area contributed by atoms with Crippen LogP contribution in [0.1, 0.15) is 39.0 Å². The number of benzene rings is 1. The van der Waals surface area contributed by atoms with Gasteiger partial charge in [-0.1, -0.05) is 18.3 Å². The highest BCUT2D eigenvalue weighted by molar-refractivity contribution is 7.22. The molecule has 2 heterocycles. The maximum absolute atomic E-state index is 12.6. The summed E-state index contributed by atoms with van der Waals surface area (Å²) in [5.41, 5.74) is 1.87. The van der Waals surface area contributed by atoms with Crippen molar-refractivity contribution in [3.8, 4) is 0 Å². The summed E-state index contributed by atoms with van der Waals surface area (Å²) in [5.74, 6) is 0.263. The number of fused-ring (bicyclic) bond motifs is 1. The van der Waals surface area contributed by atoms with Crippen molar-refractivity contribution >= 4 is 44.2 Å². The summed E-state index contributed by atoms with van der Waals surface area (Å²) in [6.07, 6.45) is 4.51. The van der Waals surface area contributed by atoms with Gasteiger partial charge in [-0.3, -0.25) is 9.59 Å². The molecule has 1 aliphatic carbocycles. The lowest BCUT2D eigenvalue weighted by Crippen LogP contribution is -2.31. The summed E-state index contributed by atoms with van der Waals surface area (Å²) < 4.78 is 0.960. The number of hydrogen-bond donors (Lipinski definition) is 3. The molecule has 1 aliphatic heterocycles. The largest absolute Gasteiger partial charge is 0.326 e. The average molecular weight is 372 g/mol. The second-order valence-corrected chi connectivity index (χ2v) is 8.39. The van der Waals surface area contributed by atoms with Crippen LogP contribution >= 0.6 is 11.3 Å². The van der Waals surface area contributed by atoms with Gasteiger partial charge in [0.2, 0.25) is 11.8 Å². The van der Waals surface area contributed by atoms with Gasteiger partial charge in [-0.05, 0) is 62.4 Å². The van der Waals surface area contributed by atoms with Crippen LogP contribution in [0, 0.1) is 11.3 Å². The van der Waals surface area contributed by atoms with Crippen molar-refractivity contribution in [2.75, 3.05) is 23.7 Å². The molecule has 1 aromatic heterocycles. The predicted octanol–water partition coefficient (Wildman–Crippen LogP) is 3.36. The number of carbonyl (C=O) groups excluding carboxylic acids is 2. The van der Waals surface area contributed by atoms with Crippen LogP contribution in [0.2, 0.25) is 0 Å². The smallest absolute Gasteiger partial charge is 0.228 e. The summed E-state index contributed by atoms with van der Waals surface area (Å²) in [7, 11) is 0. The van der Waals surface area contributed by atoms with E-state index in [4.69, 9.17) is 0 Å². The van der Waals surface area contributed by atoms with E-state index in [1.54, 1.807) is 0 Å². The Hall–Kier alpha value is -1.99. The van der Waals surface area contributed by atoms with Crippen LogP contribution in [0.15, 0.2) is 18.2 Å². The van der Waals surface area contributed by atoms with Gasteiger partial charge in [0.1, 0.15) is 0 Å². The quantitative estimate of drug-likeness (QED) is 0.751. The molecule has 1 atom stereocenters. The van der Waals surface area contributed by atoms with E-state index in [2.05, 4.69) is 20.9 Å². The van der Waals surface area contributed by atoms with Crippen molar-refractivity contribution in [2.24, 2.45) is 11.3 Å². The highest BCUT2D eigenvalue weighted by Crippen LogP contribution is 2.58. The van der Waals surface area contributed by atoms with Gasteiger partial charge in [0.05, 0.1) is 10.2 Å². The highest BCUT2D eigenvalue weighted by Gasteiger charge is 2.57. The molecular formula is C19H24N4O2S. The molecule has 0 bridgehead atoms. The number of anilines is 2. The van der Waals surface area contributed by atoms with Gasteiger partial charge in [-0.25, -0.2) is 4.98 Å². The molecule has 2 amide bonds.